The fourth-order valence-corrected chi connectivity index (χ4v) is 2.72. The monoisotopic (exact) mass is 303 g/mol. The average molecular weight is 303 g/mol. The molecule has 1 aliphatic carbocycles. The lowest BCUT2D eigenvalue weighted by molar-refractivity contribution is -0.230. The van der Waals surface area contributed by atoms with E-state index in [-0.39, 0.29) is 6.04 Å². The quantitative estimate of drug-likeness (QED) is 0.926. The molecule has 3 atom stereocenters. The molecule has 3 unspecified atom stereocenters. The van der Waals surface area contributed by atoms with E-state index in [0.29, 0.717) is 12.8 Å². The van der Waals surface area contributed by atoms with Gasteiger partial charge in [-0.2, -0.15) is 13.2 Å². The molecule has 0 spiro atoms. The molecule has 21 heavy (non-hydrogen) atoms. The number of hydrogen-bond donors (Lipinski definition) is 1. The third kappa shape index (κ3) is 3.49. The molecule has 0 radical (unpaired) electrons. The molecule has 0 aromatic heterocycles. The number of rotatable bonds is 4. The molecule has 0 aliphatic heterocycles. The van der Waals surface area contributed by atoms with E-state index in [1.807, 2.05) is 18.2 Å². The van der Waals surface area contributed by atoms with Crippen LogP contribution in [0.5, 0.6) is 5.75 Å². The maximum absolute atomic E-state index is 12.7. The zero-order valence-corrected chi connectivity index (χ0v) is 12.3. The molecule has 6 heteroatoms. The molecule has 1 aromatic rings. The van der Waals surface area contributed by atoms with Gasteiger partial charge >= 0.3 is 6.18 Å². The Morgan fingerprint density at radius 3 is 2.62 bits per heavy atom. The molecule has 2 rings (SSSR count). The highest BCUT2D eigenvalue weighted by Gasteiger charge is 2.41. The first kappa shape index (κ1) is 16.1. The lowest BCUT2D eigenvalue weighted by atomic mass is 9.85. The predicted molar refractivity (Wildman–Crippen MR) is 73.5 cm³/mol. The zero-order chi connectivity index (χ0) is 15.6. The lowest BCUT2D eigenvalue weighted by Crippen LogP contribution is -2.41. The Morgan fingerprint density at radius 1 is 1.33 bits per heavy atom. The summed E-state index contributed by atoms with van der Waals surface area (Å²) < 4.78 is 48.4. The largest absolute Gasteiger partial charge is 0.497 e. The number of fused-ring (bicyclic) bond motifs is 1. The van der Waals surface area contributed by atoms with Crippen LogP contribution in [0.2, 0.25) is 0 Å². The molecular formula is C15H20F3NO2. The number of methoxy groups -OCH3 is 1. The van der Waals surface area contributed by atoms with Gasteiger partial charge in [0.25, 0.3) is 0 Å². The van der Waals surface area contributed by atoms with Crippen molar-refractivity contribution in [1.82, 2.24) is 5.32 Å². The summed E-state index contributed by atoms with van der Waals surface area (Å²) >= 11 is 0. The van der Waals surface area contributed by atoms with Crippen molar-refractivity contribution in [3.05, 3.63) is 29.3 Å². The van der Waals surface area contributed by atoms with E-state index in [4.69, 9.17) is 9.47 Å². The van der Waals surface area contributed by atoms with E-state index < -0.39 is 18.4 Å². The fourth-order valence-electron chi connectivity index (χ4n) is 2.72. The van der Waals surface area contributed by atoms with E-state index in [2.05, 4.69) is 5.32 Å². The van der Waals surface area contributed by atoms with Gasteiger partial charge in [0, 0.05) is 0 Å². The summed E-state index contributed by atoms with van der Waals surface area (Å²) in [6, 6.07) is 5.40. The Balaban J connectivity index is 2.20. The van der Waals surface area contributed by atoms with Gasteiger partial charge in [-0.15, -0.1) is 0 Å². The molecule has 0 heterocycles. The molecule has 0 saturated carbocycles. The van der Waals surface area contributed by atoms with Gasteiger partial charge in [0.1, 0.15) is 5.75 Å². The number of aryl methyl sites for hydroxylation is 1. The predicted octanol–water partition coefficient (Wildman–Crippen LogP) is 3.24. The summed E-state index contributed by atoms with van der Waals surface area (Å²) in [4.78, 5) is 0. The van der Waals surface area contributed by atoms with Crippen molar-refractivity contribution in [2.24, 2.45) is 0 Å². The SMILES string of the molecule is CNC1c2ccc(OC)cc2CCC1OC(C)C(F)(F)F. The first-order valence-electron chi connectivity index (χ1n) is 6.93. The van der Waals surface area contributed by atoms with Crippen LogP contribution in [0.4, 0.5) is 13.2 Å². The Morgan fingerprint density at radius 2 is 2.05 bits per heavy atom. The van der Waals surface area contributed by atoms with Gasteiger partial charge in [0.15, 0.2) is 6.10 Å². The summed E-state index contributed by atoms with van der Waals surface area (Å²) in [7, 11) is 3.33. The van der Waals surface area contributed by atoms with Gasteiger partial charge < -0.3 is 14.8 Å². The van der Waals surface area contributed by atoms with E-state index in [1.54, 1.807) is 14.2 Å². The van der Waals surface area contributed by atoms with Crippen molar-refractivity contribution in [1.29, 1.82) is 0 Å². The zero-order valence-electron chi connectivity index (χ0n) is 12.3. The van der Waals surface area contributed by atoms with Crippen LogP contribution in [0.3, 0.4) is 0 Å². The van der Waals surface area contributed by atoms with Gasteiger partial charge in [0.05, 0.1) is 19.3 Å². The van der Waals surface area contributed by atoms with E-state index in [0.717, 1.165) is 23.8 Å². The summed E-state index contributed by atoms with van der Waals surface area (Å²) in [6.45, 7) is 1.05. The second kappa shape index (κ2) is 6.23. The van der Waals surface area contributed by atoms with Crippen molar-refractivity contribution >= 4 is 0 Å². The van der Waals surface area contributed by atoms with Crippen LogP contribution in [0, 0.1) is 0 Å². The summed E-state index contributed by atoms with van der Waals surface area (Å²) in [6.07, 6.45) is -5.37. The average Bonchev–Trinajstić information content (AvgIpc) is 2.45. The second-order valence-corrected chi connectivity index (χ2v) is 5.23. The van der Waals surface area contributed by atoms with Crippen molar-refractivity contribution in [3.63, 3.8) is 0 Å². The van der Waals surface area contributed by atoms with Gasteiger partial charge in [-0.25, -0.2) is 0 Å². The summed E-state index contributed by atoms with van der Waals surface area (Å²) in [5.41, 5.74) is 2.07. The van der Waals surface area contributed by atoms with E-state index >= 15 is 0 Å². The number of nitrogens with one attached hydrogen (secondary N) is 1. The molecule has 1 aliphatic rings. The smallest absolute Gasteiger partial charge is 0.414 e. The second-order valence-electron chi connectivity index (χ2n) is 5.23. The Labute approximate surface area is 122 Å². The van der Waals surface area contributed by atoms with Gasteiger partial charge in [-0.3, -0.25) is 0 Å². The Bertz CT molecular complexity index is 490. The molecule has 1 N–H and O–H groups in total. The minimum absolute atomic E-state index is 0.246. The Kier molecular flexibility index (Phi) is 4.78. The highest BCUT2D eigenvalue weighted by Crippen LogP contribution is 2.36. The summed E-state index contributed by atoms with van der Waals surface area (Å²) in [5.74, 6) is 0.756. The van der Waals surface area contributed by atoms with Crippen LogP contribution in [-0.4, -0.2) is 32.5 Å². The third-order valence-electron chi connectivity index (χ3n) is 3.91. The van der Waals surface area contributed by atoms with Crippen LogP contribution >= 0.6 is 0 Å². The molecule has 3 nitrogen and oxygen atoms in total. The van der Waals surface area contributed by atoms with E-state index in [1.165, 1.54) is 0 Å². The van der Waals surface area contributed by atoms with Crippen LogP contribution in [0.15, 0.2) is 18.2 Å². The number of halogens is 3. The number of benzene rings is 1. The molecule has 118 valence electrons. The fraction of sp³-hybridized carbons (Fsp3) is 0.600. The van der Waals surface area contributed by atoms with Crippen LogP contribution in [-0.2, 0) is 11.2 Å². The number of hydrogen-bond acceptors (Lipinski definition) is 3. The van der Waals surface area contributed by atoms with Crippen molar-refractivity contribution < 1.29 is 22.6 Å². The van der Waals surface area contributed by atoms with Crippen LogP contribution in [0.25, 0.3) is 0 Å². The lowest BCUT2D eigenvalue weighted by Gasteiger charge is -2.35. The minimum Gasteiger partial charge on any atom is -0.497 e. The topological polar surface area (TPSA) is 30.5 Å². The first-order valence-corrected chi connectivity index (χ1v) is 6.93. The first-order chi connectivity index (χ1) is 9.86. The molecule has 0 saturated heterocycles. The molecular weight excluding hydrogens is 283 g/mol. The molecule has 0 amide bonds. The highest BCUT2D eigenvalue weighted by molar-refractivity contribution is 5.39. The van der Waals surface area contributed by atoms with E-state index in [9.17, 15) is 13.2 Å². The molecule has 0 bridgehead atoms. The Hall–Kier alpha value is -1.27. The van der Waals surface area contributed by atoms with Gasteiger partial charge in [0.2, 0.25) is 0 Å². The number of likely N-dealkylation sites (N-methyl/N-ethyl adjacent to an activating group) is 1. The standard InChI is InChI=1S/C15H20F3NO2/c1-9(15(16,17)18)21-13-7-4-10-8-11(20-3)5-6-12(10)14(13)19-2/h5-6,8-9,13-14,19H,4,7H2,1-3H3. The van der Waals surface area contributed by atoms with Gasteiger partial charge in [-0.1, -0.05) is 6.07 Å². The van der Waals surface area contributed by atoms with Crippen LogP contribution < -0.4 is 10.1 Å². The molecule has 1 aromatic carbocycles. The summed E-state index contributed by atoms with van der Waals surface area (Å²) in [5, 5.41) is 3.07. The maximum Gasteiger partial charge on any atom is 0.414 e. The number of alkyl halides is 3. The van der Waals surface area contributed by atoms with Gasteiger partial charge in [-0.05, 0) is 50.1 Å². The third-order valence-corrected chi connectivity index (χ3v) is 3.91. The molecule has 0 fully saturated rings. The minimum atomic E-state index is -4.33. The maximum atomic E-state index is 12.7. The van der Waals surface area contributed by atoms with Crippen molar-refractivity contribution in [2.75, 3.05) is 14.2 Å². The normalized spacial score (nSPS) is 23.5. The highest BCUT2D eigenvalue weighted by atomic mass is 19.4. The van der Waals surface area contributed by atoms with Crippen LogP contribution in [0.1, 0.15) is 30.5 Å². The van der Waals surface area contributed by atoms with Crippen molar-refractivity contribution in [3.8, 4) is 5.75 Å². The van der Waals surface area contributed by atoms with Crippen molar-refractivity contribution in [2.45, 2.75) is 44.2 Å². The number of ether oxygens (including phenoxy) is 2.